The van der Waals surface area contributed by atoms with E-state index in [1.54, 1.807) is 7.11 Å². The molecule has 1 aliphatic rings. The number of methoxy groups -OCH3 is 1. The molecule has 1 N–H and O–H groups in total. The highest BCUT2D eigenvalue weighted by atomic mass is 16.5. The number of ketones is 1. The van der Waals surface area contributed by atoms with Crippen LogP contribution in [0.4, 0.5) is 5.69 Å². The van der Waals surface area contributed by atoms with E-state index in [0.717, 1.165) is 11.3 Å². The zero-order valence-electron chi connectivity index (χ0n) is 9.15. The van der Waals surface area contributed by atoms with Gasteiger partial charge in [0.05, 0.1) is 24.6 Å². The van der Waals surface area contributed by atoms with Crippen molar-refractivity contribution in [2.24, 2.45) is 4.99 Å². The Kier molecular flexibility index (Phi) is 2.72. The number of hydrogen-bond acceptors (Lipinski definition) is 4. The summed E-state index contributed by atoms with van der Waals surface area (Å²) < 4.78 is 5.18. The number of carbonyl (C=O) groups excluding carboxylic acids is 1. The molecule has 2 rings (SSSR count). The van der Waals surface area contributed by atoms with Crippen molar-refractivity contribution in [1.82, 2.24) is 0 Å². The summed E-state index contributed by atoms with van der Waals surface area (Å²) in [6, 6.07) is 7.56. The molecule has 4 heteroatoms. The van der Waals surface area contributed by atoms with Gasteiger partial charge in [0.1, 0.15) is 5.70 Å². The maximum Gasteiger partial charge on any atom is 0.222 e. The van der Waals surface area contributed by atoms with E-state index < -0.39 is 0 Å². The van der Waals surface area contributed by atoms with Gasteiger partial charge in [0.15, 0.2) is 5.78 Å². The number of anilines is 1. The van der Waals surface area contributed by atoms with Gasteiger partial charge < -0.3 is 10.1 Å². The van der Waals surface area contributed by atoms with E-state index >= 15 is 0 Å². The van der Waals surface area contributed by atoms with Gasteiger partial charge in [-0.05, 0) is 12.1 Å². The number of fused-ring (bicyclic) bond motifs is 1. The molecule has 0 fully saturated rings. The summed E-state index contributed by atoms with van der Waals surface area (Å²) in [4.78, 5) is 15.5. The lowest BCUT2D eigenvalue weighted by Crippen LogP contribution is -2.09. The largest absolute Gasteiger partial charge is 0.481 e. The molecule has 0 radical (unpaired) electrons. The van der Waals surface area contributed by atoms with Gasteiger partial charge in [0.2, 0.25) is 5.90 Å². The molecular weight excluding hydrogens is 204 g/mol. The van der Waals surface area contributed by atoms with Crippen molar-refractivity contribution in [3.8, 4) is 0 Å². The van der Waals surface area contributed by atoms with Crippen LogP contribution in [0.1, 0.15) is 12.5 Å². The third kappa shape index (κ3) is 1.82. The molecule has 1 aliphatic heterocycles. The summed E-state index contributed by atoms with van der Waals surface area (Å²) in [5.74, 6) is 0.440. The predicted octanol–water partition coefficient (Wildman–Crippen LogP) is 1.94. The van der Waals surface area contributed by atoms with Crippen molar-refractivity contribution in [1.29, 1.82) is 0 Å². The van der Waals surface area contributed by atoms with Crippen LogP contribution < -0.4 is 5.32 Å². The normalized spacial score (nSPS) is 13.9. The lowest BCUT2D eigenvalue weighted by Gasteiger charge is -2.09. The number of hydrogen-bond donors (Lipinski definition) is 1. The molecule has 0 aliphatic carbocycles. The Morgan fingerprint density at radius 1 is 1.38 bits per heavy atom. The molecule has 1 aromatic rings. The Hall–Kier alpha value is -2.10. The zero-order chi connectivity index (χ0) is 11.5. The number of Topliss-reactive ketones (excluding diaryl/α,β-unsaturated/α-hetero) is 1. The summed E-state index contributed by atoms with van der Waals surface area (Å²) in [6.45, 7) is 1.49. The van der Waals surface area contributed by atoms with Crippen LogP contribution in [0.2, 0.25) is 0 Å². The quantitative estimate of drug-likeness (QED) is 0.780. The van der Waals surface area contributed by atoms with E-state index in [4.69, 9.17) is 4.74 Å². The highest BCUT2D eigenvalue weighted by Gasteiger charge is 2.15. The predicted molar refractivity (Wildman–Crippen MR) is 62.4 cm³/mol. The van der Waals surface area contributed by atoms with Crippen LogP contribution in [0.5, 0.6) is 0 Å². The van der Waals surface area contributed by atoms with Crippen molar-refractivity contribution in [3.63, 3.8) is 0 Å². The Labute approximate surface area is 93.6 Å². The first-order valence-electron chi connectivity index (χ1n) is 4.91. The minimum Gasteiger partial charge on any atom is -0.481 e. The number of ether oxygens (including phenoxy) is 1. The fourth-order valence-corrected chi connectivity index (χ4v) is 1.49. The maximum atomic E-state index is 11.3. The third-order valence-corrected chi connectivity index (χ3v) is 2.31. The van der Waals surface area contributed by atoms with E-state index in [0.29, 0.717) is 11.6 Å². The first kappa shape index (κ1) is 10.4. The minimum absolute atomic E-state index is 0.0593. The number of rotatable bonds is 1. The van der Waals surface area contributed by atoms with Crippen LogP contribution in [0, 0.1) is 0 Å². The molecule has 0 bridgehead atoms. The van der Waals surface area contributed by atoms with Crippen LogP contribution in [-0.2, 0) is 9.53 Å². The molecule has 0 spiro atoms. The maximum absolute atomic E-state index is 11.3. The fraction of sp³-hybridized carbons (Fsp3) is 0.167. The summed E-state index contributed by atoms with van der Waals surface area (Å²) in [6.07, 6.45) is 1.49. The van der Waals surface area contributed by atoms with E-state index in [2.05, 4.69) is 10.3 Å². The topological polar surface area (TPSA) is 50.7 Å². The van der Waals surface area contributed by atoms with E-state index in [1.165, 1.54) is 13.1 Å². The molecule has 0 atom stereocenters. The SMILES string of the molecule is COC1=NC=C(C(C)=O)Nc2ccccc21. The number of benzene rings is 1. The molecular formula is C12H12N2O2. The number of carbonyl (C=O) groups is 1. The summed E-state index contributed by atoms with van der Waals surface area (Å²) in [5, 5.41) is 3.04. The van der Waals surface area contributed by atoms with Gasteiger partial charge >= 0.3 is 0 Å². The van der Waals surface area contributed by atoms with Gasteiger partial charge in [-0.1, -0.05) is 12.1 Å². The Bertz CT molecular complexity index is 490. The smallest absolute Gasteiger partial charge is 0.222 e. The Morgan fingerprint density at radius 2 is 2.12 bits per heavy atom. The van der Waals surface area contributed by atoms with Crippen LogP contribution in [0.15, 0.2) is 41.2 Å². The monoisotopic (exact) mass is 216 g/mol. The molecule has 1 aromatic carbocycles. The van der Waals surface area contributed by atoms with E-state index in [-0.39, 0.29) is 5.78 Å². The molecule has 0 unspecified atom stereocenters. The zero-order valence-corrected chi connectivity index (χ0v) is 9.15. The minimum atomic E-state index is -0.0593. The van der Waals surface area contributed by atoms with Crippen LogP contribution in [0.25, 0.3) is 0 Å². The van der Waals surface area contributed by atoms with E-state index in [1.807, 2.05) is 24.3 Å². The molecule has 0 aromatic heterocycles. The number of nitrogens with one attached hydrogen (secondary N) is 1. The Balaban J connectivity index is 2.52. The van der Waals surface area contributed by atoms with E-state index in [9.17, 15) is 4.79 Å². The summed E-state index contributed by atoms with van der Waals surface area (Å²) in [5.41, 5.74) is 2.12. The number of allylic oxidation sites excluding steroid dienone is 1. The molecule has 0 saturated heterocycles. The highest BCUT2D eigenvalue weighted by Crippen LogP contribution is 2.21. The van der Waals surface area contributed by atoms with Crippen LogP contribution in [0.3, 0.4) is 0 Å². The molecule has 0 saturated carbocycles. The van der Waals surface area contributed by atoms with Gasteiger partial charge in [-0.2, -0.15) is 0 Å². The van der Waals surface area contributed by atoms with Gasteiger partial charge in [-0.15, -0.1) is 0 Å². The van der Waals surface area contributed by atoms with Crippen LogP contribution in [-0.4, -0.2) is 18.8 Å². The number of nitrogens with zero attached hydrogens (tertiary/aromatic N) is 1. The standard InChI is InChI=1S/C12H12N2O2/c1-8(15)11-7-13-12(16-2)9-5-3-4-6-10(9)14-11/h3-7,14H,1-2H3. The average molecular weight is 216 g/mol. The third-order valence-electron chi connectivity index (χ3n) is 2.31. The number of aliphatic imine (C=N–C) groups is 1. The Morgan fingerprint density at radius 3 is 2.81 bits per heavy atom. The lowest BCUT2D eigenvalue weighted by molar-refractivity contribution is -0.113. The molecule has 0 amide bonds. The van der Waals surface area contributed by atoms with Crippen molar-refractivity contribution in [2.45, 2.75) is 6.92 Å². The second-order valence-electron chi connectivity index (χ2n) is 3.41. The van der Waals surface area contributed by atoms with Crippen molar-refractivity contribution in [2.75, 3.05) is 12.4 Å². The van der Waals surface area contributed by atoms with Gasteiger partial charge in [-0.3, -0.25) is 4.79 Å². The van der Waals surface area contributed by atoms with Gasteiger partial charge in [-0.25, -0.2) is 4.99 Å². The molecule has 16 heavy (non-hydrogen) atoms. The van der Waals surface area contributed by atoms with Crippen molar-refractivity contribution in [3.05, 3.63) is 41.7 Å². The van der Waals surface area contributed by atoms with Gasteiger partial charge in [0.25, 0.3) is 0 Å². The summed E-state index contributed by atoms with van der Waals surface area (Å²) >= 11 is 0. The molecule has 82 valence electrons. The highest BCUT2D eigenvalue weighted by molar-refractivity contribution is 6.04. The molecule has 4 nitrogen and oxygen atoms in total. The second-order valence-corrected chi connectivity index (χ2v) is 3.41. The second kappa shape index (κ2) is 4.18. The lowest BCUT2D eigenvalue weighted by atomic mass is 10.1. The summed E-state index contributed by atoms with van der Waals surface area (Å²) in [7, 11) is 1.56. The number of para-hydroxylation sites is 1. The van der Waals surface area contributed by atoms with Crippen LogP contribution >= 0.6 is 0 Å². The van der Waals surface area contributed by atoms with Gasteiger partial charge in [0, 0.05) is 6.92 Å². The first-order chi connectivity index (χ1) is 7.72. The van der Waals surface area contributed by atoms with Crippen molar-refractivity contribution < 1.29 is 9.53 Å². The average Bonchev–Trinajstić information content (AvgIpc) is 2.47. The molecule has 1 heterocycles. The van der Waals surface area contributed by atoms with Crippen molar-refractivity contribution >= 4 is 17.4 Å². The first-order valence-corrected chi connectivity index (χ1v) is 4.91. The fourth-order valence-electron chi connectivity index (χ4n) is 1.49.